The third-order valence-electron chi connectivity index (χ3n) is 6.19. The summed E-state index contributed by atoms with van der Waals surface area (Å²) in [5.74, 6) is 0.658. The van der Waals surface area contributed by atoms with Crippen molar-refractivity contribution in [3.63, 3.8) is 0 Å². The summed E-state index contributed by atoms with van der Waals surface area (Å²) in [4.78, 5) is 29.5. The molecule has 0 bridgehead atoms. The number of rotatable bonds is 9. The molecule has 9 nitrogen and oxygen atoms in total. The Bertz CT molecular complexity index is 1580. The Morgan fingerprint density at radius 1 is 1.18 bits per heavy atom. The Morgan fingerprint density at radius 3 is 2.58 bits per heavy atom. The summed E-state index contributed by atoms with van der Waals surface area (Å²) in [6.45, 7) is 6.08. The second-order valence-electron chi connectivity index (χ2n) is 8.91. The molecule has 4 rings (SSSR count). The first-order valence-corrected chi connectivity index (χ1v) is 12.8. The van der Waals surface area contributed by atoms with Crippen LogP contribution in [0.25, 0.3) is 10.9 Å². The van der Waals surface area contributed by atoms with Crippen LogP contribution in [0, 0.1) is 17.0 Å². The molecule has 38 heavy (non-hydrogen) atoms. The normalized spacial score (nSPS) is 12.1. The molecule has 1 atom stereocenters. The van der Waals surface area contributed by atoms with Gasteiger partial charge < -0.3 is 9.47 Å². The summed E-state index contributed by atoms with van der Waals surface area (Å²) in [6, 6.07) is 15.9. The van der Waals surface area contributed by atoms with Gasteiger partial charge in [0.1, 0.15) is 12.4 Å². The van der Waals surface area contributed by atoms with E-state index in [-0.39, 0.29) is 35.3 Å². The van der Waals surface area contributed by atoms with Crippen molar-refractivity contribution in [3.8, 4) is 11.5 Å². The SMILES string of the molecule is CC[C@H](C)c1nc2ccc(Br)cc2c(=O)n1N=Cc1cc(OC)c(OCc2ccc(C)cc2)c([N+](=O)[O-])c1. The predicted octanol–water partition coefficient (Wildman–Crippen LogP) is 6.36. The molecule has 0 saturated heterocycles. The highest BCUT2D eigenvalue weighted by molar-refractivity contribution is 9.10. The van der Waals surface area contributed by atoms with E-state index < -0.39 is 4.92 Å². The lowest BCUT2D eigenvalue weighted by molar-refractivity contribution is -0.386. The molecule has 4 aromatic rings. The van der Waals surface area contributed by atoms with Crippen LogP contribution in [-0.2, 0) is 6.61 Å². The van der Waals surface area contributed by atoms with Crippen LogP contribution in [0.15, 0.2) is 69.0 Å². The van der Waals surface area contributed by atoms with E-state index in [0.29, 0.717) is 22.3 Å². The van der Waals surface area contributed by atoms with Crippen LogP contribution >= 0.6 is 15.9 Å². The van der Waals surface area contributed by atoms with Gasteiger partial charge in [-0.05, 0) is 43.2 Å². The average Bonchev–Trinajstić information content (AvgIpc) is 2.91. The van der Waals surface area contributed by atoms with Gasteiger partial charge in [0.25, 0.3) is 5.56 Å². The molecule has 0 fully saturated rings. The van der Waals surface area contributed by atoms with Gasteiger partial charge in [0.05, 0.1) is 29.2 Å². The molecular formula is C28H27BrN4O5. The van der Waals surface area contributed by atoms with Crippen molar-refractivity contribution in [2.75, 3.05) is 7.11 Å². The number of aromatic nitrogens is 2. The lowest BCUT2D eigenvalue weighted by Crippen LogP contribution is -2.23. The van der Waals surface area contributed by atoms with Crippen LogP contribution in [0.4, 0.5) is 5.69 Å². The molecule has 0 aliphatic heterocycles. The highest BCUT2D eigenvalue weighted by atomic mass is 79.9. The first kappa shape index (κ1) is 27.0. The number of fused-ring (bicyclic) bond motifs is 1. The Hall–Kier alpha value is -4.05. The molecule has 0 spiro atoms. The van der Waals surface area contributed by atoms with Crippen molar-refractivity contribution in [1.29, 1.82) is 0 Å². The second-order valence-corrected chi connectivity index (χ2v) is 9.82. The van der Waals surface area contributed by atoms with Crippen molar-refractivity contribution < 1.29 is 14.4 Å². The molecule has 0 aliphatic rings. The van der Waals surface area contributed by atoms with Gasteiger partial charge in [-0.1, -0.05) is 59.6 Å². The zero-order valence-corrected chi connectivity index (χ0v) is 23.1. The smallest absolute Gasteiger partial charge is 0.315 e. The van der Waals surface area contributed by atoms with Crippen molar-refractivity contribution >= 4 is 38.7 Å². The number of nitro benzene ring substituents is 1. The molecule has 0 saturated carbocycles. The number of aryl methyl sites for hydroxylation is 1. The van der Waals surface area contributed by atoms with E-state index in [9.17, 15) is 14.9 Å². The van der Waals surface area contributed by atoms with Crippen molar-refractivity contribution in [3.05, 3.63) is 102 Å². The third kappa shape index (κ3) is 5.75. The molecule has 1 heterocycles. The highest BCUT2D eigenvalue weighted by Gasteiger charge is 2.23. The van der Waals surface area contributed by atoms with E-state index in [4.69, 9.17) is 9.47 Å². The number of nitrogens with zero attached hydrogens (tertiary/aromatic N) is 4. The second kappa shape index (κ2) is 11.6. The molecule has 10 heteroatoms. The van der Waals surface area contributed by atoms with Gasteiger partial charge in [0.2, 0.25) is 5.75 Å². The van der Waals surface area contributed by atoms with Gasteiger partial charge in [-0.15, -0.1) is 0 Å². The summed E-state index contributed by atoms with van der Waals surface area (Å²) in [6.07, 6.45) is 2.13. The zero-order chi connectivity index (χ0) is 27.4. The number of methoxy groups -OCH3 is 1. The fourth-order valence-corrected chi connectivity index (χ4v) is 4.22. The Kier molecular flexibility index (Phi) is 8.21. The summed E-state index contributed by atoms with van der Waals surface area (Å²) >= 11 is 3.40. The number of ether oxygens (including phenoxy) is 2. The standard InChI is InChI=1S/C28H27BrN4O5/c1-5-18(3)27-31-23-11-10-21(29)14-22(23)28(34)32(27)30-15-20-12-24(33(35)36)26(25(13-20)37-4)38-16-19-8-6-17(2)7-9-19/h6-15,18H,5,16H2,1-4H3/t18-/m0/s1. The van der Waals surface area contributed by atoms with E-state index >= 15 is 0 Å². The van der Waals surface area contributed by atoms with Gasteiger partial charge in [0.15, 0.2) is 5.75 Å². The van der Waals surface area contributed by atoms with E-state index in [1.807, 2.05) is 51.1 Å². The molecule has 3 aromatic carbocycles. The zero-order valence-electron chi connectivity index (χ0n) is 21.5. The maximum Gasteiger partial charge on any atom is 0.315 e. The maximum absolute atomic E-state index is 13.4. The number of hydrogen-bond acceptors (Lipinski definition) is 7. The largest absolute Gasteiger partial charge is 0.493 e. The summed E-state index contributed by atoms with van der Waals surface area (Å²) in [7, 11) is 1.41. The van der Waals surface area contributed by atoms with Gasteiger partial charge in [-0.3, -0.25) is 14.9 Å². The number of nitro groups is 1. The van der Waals surface area contributed by atoms with Crippen LogP contribution in [0.5, 0.6) is 11.5 Å². The number of hydrogen-bond donors (Lipinski definition) is 0. The van der Waals surface area contributed by atoms with Crippen molar-refractivity contribution in [2.45, 2.75) is 39.7 Å². The van der Waals surface area contributed by atoms with E-state index in [1.54, 1.807) is 18.2 Å². The van der Waals surface area contributed by atoms with Crippen molar-refractivity contribution in [1.82, 2.24) is 9.66 Å². The Balaban J connectivity index is 1.76. The van der Waals surface area contributed by atoms with E-state index in [1.165, 1.54) is 24.1 Å². The van der Waals surface area contributed by atoms with Gasteiger partial charge in [-0.2, -0.15) is 9.78 Å². The van der Waals surface area contributed by atoms with E-state index in [0.717, 1.165) is 22.0 Å². The molecule has 0 aliphatic carbocycles. The molecule has 0 radical (unpaired) electrons. The summed E-state index contributed by atoms with van der Waals surface area (Å²) in [5.41, 5.74) is 2.31. The van der Waals surface area contributed by atoms with Gasteiger partial charge in [-0.25, -0.2) is 4.98 Å². The minimum atomic E-state index is -0.532. The fraction of sp³-hybridized carbons (Fsp3) is 0.250. The quantitative estimate of drug-likeness (QED) is 0.130. The highest BCUT2D eigenvalue weighted by Crippen LogP contribution is 2.38. The first-order chi connectivity index (χ1) is 18.2. The Labute approximate surface area is 228 Å². The van der Waals surface area contributed by atoms with Crippen LogP contribution in [0.2, 0.25) is 0 Å². The molecular weight excluding hydrogens is 552 g/mol. The van der Waals surface area contributed by atoms with Gasteiger partial charge >= 0.3 is 5.69 Å². The summed E-state index contributed by atoms with van der Waals surface area (Å²) in [5, 5.41) is 16.8. The fourth-order valence-electron chi connectivity index (χ4n) is 3.86. The maximum atomic E-state index is 13.4. The molecule has 196 valence electrons. The average molecular weight is 579 g/mol. The third-order valence-corrected chi connectivity index (χ3v) is 6.68. The van der Waals surface area contributed by atoms with Crippen LogP contribution in [0.1, 0.15) is 48.7 Å². The monoisotopic (exact) mass is 578 g/mol. The van der Waals surface area contributed by atoms with Crippen LogP contribution in [-0.4, -0.2) is 27.9 Å². The van der Waals surface area contributed by atoms with Crippen LogP contribution < -0.4 is 15.0 Å². The minimum absolute atomic E-state index is 0.0184. The Morgan fingerprint density at radius 2 is 1.92 bits per heavy atom. The van der Waals surface area contributed by atoms with Crippen LogP contribution in [0.3, 0.4) is 0 Å². The van der Waals surface area contributed by atoms with Gasteiger partial charge in [0, 0.05) is 22.0 Å². The van der Waals surface area contributed by atoms with E-state index in [2.05, 4.69) is 26.0 Å². The topological polar surface area (TPSA) is 109 Å². The molecule has 0 N–H and O–H groups in total. The van der Waals surface area contributed by atoms with Crippen molar-refractivity contribution in [2.24, 2.45) is 5.10 Å². The molecule has 0 amide bonds. The lowest BCUT2D eigenvalue weighted by atomic mass is 10.1. The lowest BCUT2D eigenvalue weighted by Gasteiger charge is -2.14. The minimum Gasteiger partial charge on any atom is -0.493 e. The molecule has 0 unspecified atom stereocenters. The first-order valence-electron chi connectivity index (χ1n) is 12.0. The predicted molar refractivity (Wildman–Crippen MR) is 151 cm³/mol. The molecule has 1 aromatic heterocycles. The summed E-state index contributed by atoms with van der Waals surface area (Å²) < 4.78 is 13.3. The number of benzene rings is 3. The number of halogens is 1.